The van der Waals surface area contributed by atoms with Crippen molar-refractivity contribution in [1.29, 1.82) is 0 Å². The molecule has 6 heteroatoms. The summed E-state index contributed by atoms with van der Waals surface area (Å²) in [4.78, 5) is 38.1. The number of ether oxygens (including phenoxy) is 1. The van der Waals surface area contributed by atoms with Gasteiger partial charge in [-0.2, -0.15) is 0 Å². The summed E-state index contributed by atoms with van der Waals surface area (Å²) in [5.41, 5.74) is 0.466. The van der Waals surface area contributed by atoms with Gasteiger partial charge in [0.25, 0.3) is 0 Å². The third-order valence-electron chi connectivity index (χ3n) is 2.62. The summed E-state index contributed by atoms with van der Waals surface area (Å²) >= 11 is 6.04. The number of nitrogens with zero attached hydrogens (tertiary/aromatic N) is 1. The second kappa shape index (κ2) is 6.96. The van der Waals surface area contributed by atoms with E-state index in [9.17, 15) is 14.4 Å². The first-order valence-corrected chi connectivity index (χ1v) is 6.18. The molecule has 1 rings (SSSR count). The molecule has 0 heterocycles. The van der Waals surface area contributed by atoms with Gasteiger partial charge in [-0.15, -0.1) is 0 Å². The number of halogens is 1. The zero-order valence-electron chi connectivity index (χ0n) is 11.3. The lowest BCUT2D eigenvalue weighted by molar-refractivity contribution is -0.127. The maximum Gasteiger partial charge on any atom is 0.339 e. The molecule has 0 fully saturated rings. The molecule has 0 radical (unpaired) electrons. The summed E-state index contributed by atoms with van der Waals surface area (Å²) in [5, 5.41) is 0.112. The van der Waals surface area contributed by atoms with Crippen molar-refractivity contribution in [2.45, 2.75) is 13.8 Å². The van der Waals surface area contributed by atoms with Crippen LogP contribution in [0.5, 0.6) is 0 Å². The Morgan fingerprint density at radius 2 is 1.85 bits per heavy atom. The maximum atomic E-state index is 11.5. The van der Waals surface area contributed by atoms with Crippen LogP contribution in [0.25, 0.3) is 0 Å². The molecule has 0 atom stereocenters. The van der Waals surface area contributed by atoms with E-state index >= 15 is 0 Å². The fourth-order valence-electron chi connectivity index (χ4n) is 1.54. The summed E-state index contributed by atoms with van der Waals surface area (Å²) in [6.07, 6.45) is 1.23. The van der Waals surface area contributed by atoms with Gasteiger partial charge < -0.3 is 4.74 Å². The van der Waals surface area contributed by atoms with Crippen molar-refractivity contribution < 1.29 is 19.1 Å². The Morgan fingerprint density at radius 3 is 2.35 bits per heavy atom. The second-order valence-corrected chi connectivity index (χ2v) is 4.49. The lowest BCUT2D eigenvalue weighted by atomic mass is 10.0. The smallest absolute Gasteiger partial charge is 0.339 e. The average Bonchev–Trinajstić information content (AvgIpc) is 2.39. The highest BCUT2D eigenvalue weighted by Gasteiger charge is 2.18. The molecule has 0 aliphatic carbocycles. The van der Waals surface area contributed by atoms with Crippen molar-refractivity contribution in [3.63, 3.8) is 0 Å². The van der Waals surface area contributed by atoms with Gasteiger partial charge in [-0.25, -0.2) is 4.79 Å². The van der Waals surface area contributed by atoms with Crippen molar-refractivity contribution in [1.82, 2.24) is 0 Å². The number of hydrogen-bond donors (Lipinski definition) is 0. The van der Waals surface area contributed by atoms with Gasteiger partial charge in [-0.3, -0.25) is 14.6 Å². The van der Waals surface area contributed by atoms with Crippen LogP contribution in [0.3, 0.4) is 0 Å². The first-order valence-electron chi connectivity index (χ1n) is 5.80. The van der Waals surface area contributed by atoms with Gasteiger partial charge in [0.15, 0.2) is 0 Å². The third-order valence-corrected chi connectivity index (χ3v) is 3.02. The predicted octanol–water partition coefficient (Wildman–Crippen LogP) is 2.62. The Morgan fingerprint density at radius 1 is 1.25 bits per heavy atom. The van der Waals surface area contributed by atoms with Crippen LogP contribution in [0.4, 0.5) is 5.69 Å². The molecule has 106 valence electrons. The Labute approximate surface area is 121 Å². The first-order chi connectivity index (χ1) is 9.38. The van der Waals surface area contributed by atoms with E-state index in [4.69, 9.17) is 11.6 Å². The molecule has 0 bridgehead atoms. The number of carbonyl (C=O) groups is 3. The van der Waals surface area contributed by atoms with Crippen LogP contribution in [0, 0.1) is 5.92 Å². The van der Waals surface area contributed by atoms with Crippen molar-refractivity contribution in [3.8, 4) is 0 Å². The highest BCUT2D eigenvalue weighted by Crippen LogP contribution is 2.28. The molecule has 5 nitrogen and oxygen atoms in total. The fraction of sp³-hybridized carbons (Fsp3) is 0.286. The maximum absolute atomic E-state index is 11.5. The van der Waals surface area contributed by atoms with Gasteiger partial charge in [0, 0.05) is 6.21 Å². The minimum Gasteiger partial charge on any atom is -0.465 e. The number of methoxy groups -OCH3 is 1. The Balaban J connectivity index is 3.13. The van der Waals surface area contributed by atoms with Gasteiger partial charge in [-0.1, -0.05) is 17.7 Å². The van der Waals surface area contributed by atoms with Crippen LogP contribution in [-0.4, -0.2) is 30.9 Å². The zero-order valence-corrected chi connectivity index (χ0v) is 12.1. The number of carbonyl (C=O) groups excluding carboxylic acids is 3. The normalized spacial score (nSPS) is 10.8. The minimum atomic E-state index is -0.909. The number of benzene rings is 1. The summed E-state index contributed by atoms with van der Waals surface area (Å²) in [7, 11) is 1.25. The Hall–Kier alpha value is -2.01. The van der Waals surface area contributed by atoms with Crippen molar-refractivity contribution in [3.05, 3.63) is 28.8 Å². The van der Waals surface area contributed by atoms with E-state index in [0.717, 1.165) is 0 Å². The lowest BCUT2D eigenvalue weighted by Crippen LogP contribution is -2.20. The van der Waals surface area contributed by atoms with Crippen molar-refractivity contribution in [2.24, 2.45) is 10.9 Å². The lowest BCUT2D eigenvalue weighted by Gasteiger charge is -2.06. The van der Waals surface area contributed by atoms with Crippen LogP contribution >= 0.6 is 11.6 Å². The fourth-order valence-corrected chi connectivity index (χ4v) is 1.79. The molecule has 1 aromatic rings. The molecule has 0 N–H and O–H groups in total. The van der Waals surface area contributed by atoms with Crippen LogP contribution < -0.4 is 0 Å². The van der Waals surface area contributed by atoms with Crippen LogP contribution in [0.1, 0.15) is 24.2 Å². The van der Waals surface area contributed by atoms with Crippen molar-refractivity contribution in [2.75, 3.05) is 7.11 Å². The summed E-state index contributed by atoms with van der Waals surface area (Å²) in [6.45, 7) is 2.62. The molecule has 0 aliphatic rings. The van der Waals surface area contributed by atoms with E-state index in [1.54, 1.807) is 12.1 Å². The summed E-state index contributed by atoms with van der Waals surface area (Å²) in [6, 6.07) is 4.66. The summed E-state index contributed by atoms with van der Waals surface area (Å²) < 4.78 is 4.59. The Bertz CT molecular complexity index is 567. The molecule has 0 aromatic heterocycles. The summed E-state index contributed by atoms with van der Waals surface area (Å²) in [5.74, 6) is -2.10. The van der Waals surface area contributed by atoms with Gasteiger partial charge in [0.2, 0.25) is 0 Å². The molecule has 20 heavy (non-hydrogen) atoms. The highest BCUT2D eigenvalue weighted by molar-refractivity contribution is 6.36. The van der Waals surface area contributed by atoms with E-state index < -0.39 is 11.9 Å². The van der Waals surface area contributed by atoms with Crippen molar-refractivity contribution >= 4 is 41.0 Å². The van der Waals surface area contributed by atoms with Gasteiger partial charge in [-0.05, 0) is 26.0 Å². The molecule has 0 saturated heterocycles. The van der Waals surface area contributed by atoms with E-state index in [1.165, 1.54) is 33.2 Å². The van der Waals surface area contributed by atoms with Gasteiger partial charge >= 0.3 is 5.97 Å². The zero-order chi connectivity index (χ0) is 15.3. The average molecular weight is 296 g/mol. The highest BCUT2D eigenvalue weighted by atomic mass is 35.5. The topological polar surface area (TPSA) is 72.8 Å². The number of aliphatic imine (C=N–C) groups is 1. The van der Waals surface area contributed by atoms with Crippen LogP contribution in [-0.2, 0) is 14.3 Å². The quantitative estimate of drug-likeness (QED) is 0.475. The molecule has 0 amide bonds. The SMILES string of the molecule is COC(=O)c1cccc(N=CC(C(C)=O)C(C)=O)c1Cl. The number of Topliss-reactive ketones (excluding diaryl/α,β-unsaturated/α-hetero) is 2. The number of hydrogen-bond acceptors (Lipinski definition) is 5. The molecule has 0 aliphatic heterocycles. The minimum absolute atomic E-state index is 0.112. The number of rotatable bonds is 5. The first kappa shape index (κ1) is 16.0. The number of ketones is 2. The van der Waals surface area contributed by atoms with Gasteiger partial charge in [0.05, 0.1) is 23.4 Å². The van der Waals surface area contributed by atoms with Crippen LogP contribution in [0.2, 0.25) is 5.02 Å². The molecule has 1 aromatic carbocycles. The van der Waals surface area contributed by atoms with Gasteiger partial charge in [0.1, 0.15) is 17.5 Å². The predicted molar refractivity (Wildman–Crippen MR) is 75.8 cm³/mol. The molecule has 0 spiro atoms. The van der Waals surface area contributed by atoms with E-state index in [1.807, 2.05) is 0 Å². The van der Waals surface area contributed by atoms with E-state index in [-0.39, 0.29) is 22.2 Å². The largest absolute Gasteiger partial charge is 0.465 e. The molecular weight excluding hydrogens is 282 g/mol. The van der Waals surface area contributed by atoms with Crippen LogP contribution in [0.15, 0.2) is 23.2 Å². The molecule has 0 unspecified atom stereocenters. The molecule has 0 saturated carbocycles. The second-order valence-electron chi connectivity index (χ2n) is 4.11. The Kier molecular flexibility index (Phi) is 5.58. The van der Waals surface area contributed by atoms with E-state index in [2.05, 4.69) is 9.73 Å². The standard InChI is InChI=1S/C14H14ClNO4/c1-8(17)11(9(2)18)7-16-12-6-4-5-10(13(12)15)14(19)20-3/h4-7,11H,1-3H3. The molecular formula is C14H14ClNO4. The monoisotopic (exact) mass is 295 g/mol. The number of esters is 1. The van der Waals surface area contributed by atoms with E-state index in [0.29, 0.717) is 5.69 Å². The third kappa shape index (κ3) is 3.74.